The summed E-state index contributed by atoms with van der Waals surface area (Å²) in [6.07, 6.45) is 0. The van der Waals surface area contributed by atoms with Gasteiger partial charge in [0.25, 0.3) is 0 Å². The number of hydrogen-bond acceptors (Lipinski definition) is 3. The second-order valence-corrected chi connectivity index (χ2v) is 8.87. The van der Waals surface area contributed by atoms with Crippen LogP contribution in [0.2, 0.25) is 0 Å². The van der Waals surface area contributed by atoms with Crippen molar-refractivity contribution in [1.29, 1.82) is 0 Å². The van der Waals surface area contributed by atoms with Crippen molar-refractivity contribution in [3.8, 4) is 11.3 Å². The van der Waals surface area contributed by atoms with E-state index in [9.17, 15) is 0 Å². The SMILES string of the molecule is Cc1cc(C)c2oc(-c3ccc(C(C)(C)C)cc3)c/c(=N/Nc3ccccc3)c2c1. The molecule has 3 nitrogen and oxygen atoms in total. The quantitative estimate of drug-likeness (QED) is 0.381. The van der Waals surface area contributed by atoms with Crippen molar-refractivity contribution in [2.45, 2.75) is 40.0 Å². The van der Waals surface area contributed by atoms with Crippen molar-refractivity contribution in [2.75, 3.05) is 5.43 Å². The molecule has 1 N–H and O–H groups in total. The Labute approximate surface area is 178 Å². The van der Waals surface area contributed by atoms with Crippen molar-refractivity contribution in [2.24, 2.45) is 5.10 Å². The molecule has 0 spiro atoms. The first-order chi connectivity index (χ1) is 14.3. The molecule has 4 rings (SSSR count). The predicted molar refractivity (Wildman–Crippen MR) is 125 cm³/mol. The minimum atomic E-state index is 0.118. The lowest BCUT2D eigenvalue weighted by atomic mass is 9.86. The Hall–Kier alpha value is -3.33. The van der Waals surface area contributed by atoms with Gasteiger partial charge in [-0.05, 0) is 54.2 Å². The summed E-state index contributed by atoms with van der Waals surface area (Å²) in [5, 5.41) is 6.59. The van der Waals surface area contributed by atoms with E-state index in [4.69, 9.17) is 9.52 Å². The summed E-state index contributed by atoms with van der Waals surface area (Å²) in [6, 6.07) is 24.9. The van der Waals surface area contributed by atoms with Crippen molar-refractivity contribution >= 4 is 16.7 Å². The maximum atomic E-state index is 6.36. The van der Waals surface area contributed by atoms with Gasteiger partial charge in [0.15, 0.2) is 0 Å². The van der Waals surface area contributed by atoms with Gasteiger partial charge in [0, 0.05) is 17.0 Å². The van der Waals surface area contributed by atoms with Crippen LogP contribution in [0.3, 0.4) is 0 Å². The highest BCUT2D eigenvalue weighted by molar-refractivity contribution is 5.82. The average molecular weight is 397 g/mol. The van der Waals surface area contributed by atoms with Crippen LogP contribution in [0.25, 0.3) is 22.3 Å². The molecule has 1 heterocycles. The lowest BCUT2D eigenvalue weighted by Crippen LogP contribution is -2.10. The van der Waals surface area contributed by atoms with Crippen LogP contribution in [0.4, 0.5) is 5.69 Å². The smallest absolute Gasteiger partial charge is 0.139 e. The summed E-state index contributed by atoms with van der Waals surface area (Å²) < 4.78 is 6.36. The number of fused-ring (bicyclic) bond motifs is 1. The summed E-state index contributed by atoms with van der Waals surface area (Å²) in [7, 11) is 0. The molecule has 30 heavy (non-hydrogen) atoms. The number of benzene rings is 3. The van der Waals surface area contributed by atoms with Crippen molar-refractivity contribution < 1.29 is 4.42 Å². The van der Waals surface area contributed by atoms with Crippen LogP contribution in [-0.2, 0) is 5.41 Å². The average Bonchev–Trinajstić information content (AvgIpc) is 2.72. The molecule has 4 aromatic rings. The van der Waals surface area contributed by atoms with Crippen LogP contribution in [0.1, 0.15) is 37.5 Å². The zero-order chi connectivity index (χ0) is 21.3. The van der Waals surface area contributed by atoms with Crippen LogP contribution >= 0.6 is 0 Å². The second kappa shape index (κ2) is 7.83. The Bertz CT molecular complexity index is 1240. The van der Waals surface area contributed by atoms with Crippen LogP contribution in [-0.4, -0.2) is 0 Å². The fourth-order valence-corrected chi connectivity index (χ4v) is 3.63. The number of nitrogens with one attached hydrogen (secondary N) is 1. The molecule has 0 fully saturated rings. The van der Waals surface area contributed by atoms with E-state index in [1.165, 1.54) is 11.1 Å². The Balaban J connectivity index is 1.87. The number of para-hydroxylation sites is 1. The number of aryl methyl sites for hydroxylation is 2. The molecule has 0 aliphatic heterocycles. The van der Waals surface area contributed by atoms with E-state index in [1.54, 1.807) is 0 Å². The Morgan fingerprint density at radius 3 is 2.20 bits per heavy atom. The summed E-state index contributed by atoms with van der Waals surface area (Å²) >= 11 is 0. The van der Waals surface area contributed by atoms with Crippen molar-refractivity contribution in [3.63, 3.8) is 0 Å². The molecule has 0 aliphatic rings. The van der Waals surface area contributed by atoms with Gasteiger partial charge >= 0.3 is 0 Å². The molecule has 0 radical (unpaired) electrons. The summed E-state index contributed by atoms with van der Waals surface area (Å²) in [5.74, 6) is 0.809. The predicted octanol–water partition coefficient (Wildman–Crippen LogP) is 6.94. The topological polar surface area (TPSA) is 37.5 Å². The normalized spacial score (nSPS) is 12.4. The molecule has 0 amide bonds. The van der Waals surface area contributed by atoms with Gasteiger partial charge in [-0.15, -0.1) is 0 Å². The fraction of sp³-hybridized carbons (Fsp3) is 0.222. The largest absolute Gasteiger partial charge is 0.456 e. The highest BCUT2D eigenvalue weighted by Gasteiger charge is 2.14. The van der Waals surface area contributed by atoms with Gasteiger partial charge in [0.2, 0.25) is 0 Å². The monoisotopic (exact) mass is 396 g/mol. The standard InChI is InChI=1S/C27H28N2O/c1-18-15-19(2)26-23(16-18)24(29-28-22-9-7-6-8-10-22)17-25(30-26)20-11-13-21(14-12-20)27(3,4)5/h6-17,28H,1-5H3/b29-24-. The van der Waals surface area contributed by atoms with Crippen LogP contribution in [0.15, 0.2) is 82.3 Å². The second-order valence-electron chi connectivity index (χ2n) is 8.87. The van der Waals surface area contributed by atoms with E-state index in [1.807, 2.05) is 36.4 Å². The fourth-order valence-electron chi connectivity index (χ4n) is 3.63. The molecule has 0 atom stereocenters. The summed E-state index contributed by atoms with van der Waals surface area (Å²) in [4.78, 5) is 0. The van der Waals surface area contributed by atoms with Crippen LogP contribution in [0.5, 0.6) is 0 Å². The van der Waals surface area contributed by atoms with E-state index in [-0.39, 0.29) is 5.41 Å². The van der Waals surface area contributed by atoms with Crippen molar-refractivity contribution in [1.82, 2.24) is 0 Å². The van der Waals surface area contributed by atoms with E-state index >= 15 is 0 Å². The molecule has 0 aliphatic carbocycles. The first-order valence-corrected chi connectivity index (χ1v) is 10.3. The van der Waals surface area contributed by atoms with Gasteiger partial charge < -0.3 is 4.42 Å². The van der Waals surface area contributed by atoms with E-state index in [0.29, 0.717) is 0 Å². The number of rotatable bonds is 3. The third-order valence-corrected chi connectivity index (χ3v) is 5.29. The molecule has 0 saturated carbocycles. The minimum absolute atomic E-state index is 0.118. The van der Waals surface area contributed by atoms with E-state index < -0.39 is 0 Å². The summed E-state index contributed by atoms with van der Waals surface area (Å²) in [6.45, 7) is 10.8. The zero-order valence-electron chi connectivity index (χ0n) is 18.3. The van der Waals surface area contributed by atoms with Gasteiger partial charge in [-0.1, -0.05) is 69.3 Å². The third-order valence-electron chi connectivity index (χ3n) is 5.29. The van der Waals surface area contributed by atoms with Gasteiger partial charge in [0.1, 0.15) is 11.3 Å². The number of anilines is 1. The molecule has 3 heteroatoms. The molecular formula is C27H28N2O. The molecular weight excluding hydrogens is 368 g/mol. The maximum absolute atomic E-state index is 6.36. The third kappa shape index (κ3) is 4.16. The molecule has 3 aromatic carbocycles. The molecule has 0 unspecified atom stereocenters. The first-order valence-electron chi connectivity index (χ1n) is 10.3. The lowest BCUT2D eigenvalue weighted by Gasteiger charge is -2.19. The number of nitrogens with zero attached hydrogens (tertiary/aromatic N) is 1. The molecule has 1 aromatic heterocycles. The Morgan fingerprint density at radius 2 is 1.53 bits per heavy atom. The lowest BCUT2D eigenvalue weighted by molar-refractivity contribution is 0.589. The zero-order valence-corrected chi connectivity index (χ0v) is 18.3. The van der Waals surface area contributed by atoms with Gasteiger partial charge in [-0.2, -0.15) is 5.10 Å². The van der Waals surface area contributed by atoms with Gasteiger partial charge in [0.05, 0.1) is 11.0 Å². The summed E-state index contributed by atoms with van der Waals surface area (Å²) in [5.41, 5.74) is 9.76. The minimum Gasteiger partial charge on any atom is -0.456 e. The maximum Gasteiger partial charge on any atom is 0.139 e. The van der Waals surface area contributed by atoms with Crippen LogP contribution < -0.4 is 10.8 Å². The Kier molecular flexibility index (Phi) is 5.21. The first kappa shape index (κ1) is 20.0. The molecule has 0 saturated heterocycles. The van der Waals surface area contributed by atoms with Crippen molar-refractivity contribution in [3.05, 3.63) is 94.8 Å². The Morgan fingerprint density at radius 1 is 0.833 bits per heavy atom. The number of hydrogen-bond donors (Lipinski definition) is 1. The molecule has 0 bridgehead atoms. The highest BCUT2D eigenvalue weighted by atomic mass is 16.3. The molecule has 152 valence electrons. The van der Waals surface area contributed by atoms with Gasteiger partial charge in [-0.3, -0.25) is 5.43 Å². The van der Waals surface area contributed by atoms with Crippen LogP contribution in [0, 0.1) is 13.8 Å². The van der Waals surface area contributed by atoms with E-state index in [0.717, 1.165) is 38.9 Å². The van der Waals surface area contributed by atoms with Gasteiger partial charge in [-0.25, -0.2) is 0 Å². The van der Waals surface area contributed by atoms with E-state index in [2.05, 4.69) is 76.4 Å². The highest BCUT2D eigenvalue weighted by Crippen LogP contribution is 2.28.